The highest BCUT2D eigenvalue weighted by Gasteiger charge is 2.16. The molecule has 3 heteroatoms. The summed E-state index contributed by atoms with van der Waals surface area (Å²) >= 11 is 0. The summed E-state index contributed by atoms with van der Waals surface area (Å²) in [6.45, 7) is 7.78. The van der Waals surface area contributed by atoms with E-state index in [1.807, 2.05) is 12.3 Å². The second-order valence-corrected chi connectivity index (χ2v) is 5.74. The third kappa shape index (κ3) is 3.82. The predicted molar refractivity (Wildman–Crippen MR) is 87.8 cm³/mol. The van der Waals surface area contributed by atoms with Gasteiger partial charge in [0.2, 0.25) is 0 Å². The monoisotopic (exact) mass is 281 g/mol. The van der Waals surface area contributed by atoms with Crippen molar-refractivity contribution in [1.82, 2.24) is 9.88 Å². The Morgan fingerprint density at radius 3 is 2.57 bits per heavy atom. The van der Waals surface area contributed by atoms with Gasteiger partial charge in [-0.3, -0.25) is 9.88 Å². The smallest absolute Gasteiger partial charge is 0.0416 e. The lowest BCUT2D eigenvalue weighted by Crippen LogP contribution is -2.47. The van der Waals surface area contributed by atoms with Gasteiger partial charge >= 0.3 is 0 Å². The molecule has 1 aromatic carbocycles. The summed E-state index contributed by atoms with van der Waals surface area (Å²) < 4.78 is 0. The van der Waals surface area contributed by atoms with Gasteiger partial charge in [0.25, 0.3) is 0 Å². The van der Waals surface area contributed by atoms with E-state index in [-0.39, 0.29) is 0 Å². The van der Waals surface area contributed by atoms with Gasteiger partial charge in [0.15, 0.2) is 0 Å². The van der Waals surface area contributed by atoms with Gasteiger partial charge in [-0.15, -0.1) is 0 Å². The van der Waals surface area contributed by atoms with Crippen molar-refractivity contribution in [2.45, 2.75) is 13.3 Å². The van der Waals surface area contributed by atoms with Crippen molar-refractivity contribution < 1.29 is 0 Å². The van der Waals surface area contributed by atoms with Crippen LogP contribution in [0.1, 0.15) is 11.3 Å². The molecule has 0 aliphatic carbocycles. The van der Waals surface area contributed by atoms with E-state index in [1.54, 1.807) is 0 Å². The number of pyridine rings is 1. The summed E-state index contributed by atoms with van der Waals surface area (Å²) in [5.41, 5.74) is 3.89. The van der Waals surface area contributed by atoms with Crippen molar-refractivity contribution in [3.63, 3.8) is 0 Å². The van der Waals surface area contributed by atoms with E-state index in [1.165, 1.54) is 16.9 Å². The molecule has 0 amide bonds. The molecule has 1 saturated heterocycles. The summed E-state index contributed by atoms with van der Waals surface area (Å²) in [7, 11) is 0. The molecule has 0 atom stereocenters. The maximum atomic E-state index is 4.40. The fourth-order valence-corrected chi connectivity index (χ4v) is 2.87. The lowest BCUT2D eigenvalue weighted by Gasteiger charge is -2.36. The van der Waals surface area contributed by atoms with Crippen LogP contribution in [0.2, 0.25) is 0 Å². The molecule has 21 heavy (non-hydrogen) atoms. The van der Waals surface area contributed by atoms with E-state index in [2.05, 4.69) is 58.1 Å². The number of nitrogens with zero attached hydrogens (tertiary/aromatic N) is 3. The lowest BCUT2D eigenvalue weighted by atomic mass is 10.2. The molecule has 3 rings (SSSR count). The fraction of sp³-hybridized carbons (Fsp3) is 0.389. The molecule has 110 valence electrons. The van der Waals surface area contributed by atoms with Gasteiger partial charge in [-0.2, -0.15) is 0 Å². The molecule has 0 bridgehead atoms. The zero-order chi connectivity index (χ0) is 14.5. The van der Waals surface area contributed by atoms with Crippen molar-refractivity contribution in [3.8, 4) is 0 Å². The Hall–Kier alpha value is -1.87. The molecule has 0 saturated carbocycles. The van der Waals surface area contributed by atoms with Crippen molar-refractivity contribution in [2.75, 3.05) is 37.6 Å². The van der Waals surface area contributed by atoms with Crippen molar-refractivity contribution in [2.24, 2.45) is 0 Å². The molecule has 0 N–H and O–H groups in total. The molecule has 1 aromatic heterocycles. The standard InChI is InChI=1S/C18H23N3/c1-16-5-4-7-18(15-16)21-13-11-20(12-14-21)10-8-17-6-2-3-9-19-17/h2-7,9,15H,8,10-14H2,1H3. The van der Waals surface area contributed by atoms with Crippen LogP contribution in [0.3, 0.4) is 0 Å². The normalized spacial score (nSPS) is 16.1. The third-order valence-corrected chi connectivity index (χ3v) is 4.15. The van der Waals surface area contributed by atoms with E-state index in [0.29, 0.717) is 0 Å². The number of benzene rings is 1. The molecule has 0 unspecified atom stereocenters. The highest BCUT2D eigenvalue weighted by molar-refractivity contribution is 5.48. The molecule has 1 aliphatic heterocycles. The number of anilines is 1. The topological polar surface area (TPSA) is 19.4 Å². The summed E-state index contributed by atoms with van der Waals surface area (Å²) in [6, 6.07) is 15.0. The van der Waals surface area contributed by atoms with Gasteiger partial charge in [-0.05, 0) is 36.8 Å². The number of rotatable bonds is 4. The number of aromatic nitrogens is 1. The van der Waals surface area contributed by atoms with Crippen LogP contribution in [0.25, 0.3) is 0 Å². The first-order chi connectivity index (χ1) is 10.3. The van der Waals surface area contributed by atoms with E-state index in [4.69, 9.17) is 0 Å². The minimum absolute atomic E-state index is 1.05. The Labute approximate surface area is 127 Å². The minimum atomic E-state index is 1.05. The van der Waals surface area contributed by atoms with E-state index >= 15 is 0 Å². The van der Waals surface area contributed by atoms with Gasteiger partial charge in [-0.25, -0.2) is 0 Å². The molecular formula is C18H23N3. The Kier molecular flexibility index (Phi) is 4.51. The number of piperazine rings is 1. The third-order valence-electron chi connectivity index (χ3n) is 4.15. The molecule has 0 spiro atoms. The second-order valence-electron chi connectivity index (χ2n) is 5.74. The van der Waals surface area contributed by atoms with Crippen LogP contribution in [0.5, 0.6) is 0 Å². The largest absolute Gasteiger partial charge is 0.369 e. The summed E-state index contributed by atoms with van der Waals surface area (Å²) in [5.74, 6) is 0. The average Bonchev–Trinajstić information content (AvgIpc) is 2.54. The average molecular weight is 281 g/mol. The molecular weight excluding hydrogens is 258 g/mol. The van der Waals surface area contributed by atoms with Gasteiger partial charge in [0, 0.05) is 56.7 Å². The van der Waals surface area contributed by atoms with Gasteiger partial charge in [0.05, 0.1) is 0 Å². The Balaban J connectivity index is 1.49. The van der Waals surface area contributed by atoms with Gasteiger partial charge in [0.1, 0.15) is 0 Å². The zero-order valence-electron chi connectivity index (χ0n) is 12.7. The number of hydrogen-bond acceptors (Lipinski definition) is 3. The van der Waals surface area contributed by atoms with Crippen LogP contribution in [-0.4, -0.2) is 42.6 Å². The summed E-state index contributed by atoms with van der Waals surface area (Å²) in [6.07, 6.45) is 2.93. The van der Waals surface area contributed by atoms with Crippen LogP contribution < -0.4 is 4.90 Å². The second kappa shape index (κ2) is 6.72. The first-order valence-electron chi connectivity index (χ1n) is 7.75. The lowest BCUT2D eigenvalue weighted by molar-refractivity contribution is 0.260. The minimum Gasteiger partial charge on any atom is -0.369 e. The highest BCUT2D eigenvalue weighted by Crippen LogP contribution is 2.17. The molecule has 2 heterocycles. The van der Waals surface area contributed by atoms with Crippen LogP contribution in [0.15, 0.2) is 48.7 Å². The predicted octanol–water partition coefficient (Wildman–Crippen LogP) is 2.75. The SMILES string of the molecule is Cc1cccc(N2CCN(CCc3ccccn3)CC2)c1. The van der Waals surface area contributed by atoms with E-state index in [9.17, 15) is 0 Å². The Morgan fingerprint density at radius 1 is 1.00 bits per heavy atom. The Morgan fingerprint density at radius 2 is 1.86 bits per heavy atom. The van der Waals surface area contributed by atoms with E-state index < -0.39 is 0 Å². The summed E-state index contributed by atoms with van der Waals surface area (Å²) in [5, 5.41) is 0. The van der Waals surface area contributed by atoms with Crippen LogP contribution in [0.4, 0.5) is 5.69 Å². The molecule has 0 radical (unpaired) electrons. The highest BCUT2D eigenvalue weighted by atomic mass is 15.3. The van der Waals surface area contributed by atoms with Crippen LogP contribution in [0, 0.1) is 6.92 Å². The van der Waals surface area contributed by atoms with Crippen molar-refractivity contribution in [1.29, 1.82) is 0 Å². The number of hydrogen-bond donors (Lipinski definition) is 0. The van der Waals surface area contributed by atoms with Gasteiger partial charge < -0.3 is 4.90 Å². The molecule has 1 fully saturated rings. The Bertz CT molecular complexity index is 560. The first kappa shape index (κ1) is 14.1. The van der Waals surface area contributed by atoms with Crippen molar-refractivity contribution >= 4 is 5.69 Å². The quantitative estimate of drug-likeness (QED) is 0.859. The summed E-state index contributed by atoms with van der Waals surface area (Å²) in [4.78, 5) is 9.43. The van der Waals surface area contributed by atoms with Crippen molar-refractivity contribution in [3.05, 3.63) is 59.9 Å². The van der Waals surface area contributed by atoms with E-state index in [0.717, 1.165) is 39.1 Å². The molecule has 3 nitrogen and oxygen atoms in total. The maximum Gasteiger partial charge on any atom is 0.0416 e. The maximum absolute atomic E-state index is 4.40. The van der Waals surface area contributed by atoms with Crippen LogP contribution >= 0.6 is 0 Å². The molecule has 1 aliphatic rings. The molecule has 2 aromatic rings. The van der Waals surface area contributed by atoms with Gasteiger partial charge in [-0.1, -0.05) is 18.2 Å². The first-order valence-corrected chi connectivity index (χ1v) is 7.75. The zero-order valence-corrected chi connectivity index (χ0v) is 12.7. The van der Waals surface area contributed by atoms with Crippen LogP contribution in [-0.2, 0) is 6.42 Å². The number of aryl methyl sites for hydroxylation is 1. The fourth-order valence-electron chi connectivity index (χ4n) is 2.87.